The Kier molecular flexibility index (Phi) is 3.30. The Hall–Kier alpha value is -2.74. The molecule has 118 valence electrons. The van der Waals surface area contributed by atoms with Crippen molar-refractivity contribution in [2.24, 2.45) is 7.05 Å². The Balaban J connectivity index is 1.72. The van der Waals surface area contributed by atoms with Gasteiger partial charge in [-0.05, 0) is 6.07 Å². The molecule has 8 nitrogen and oxygen atoms in total. The summed E-state index contributed by atoms with van der Waals surface area (Å²) in [5, 5.41) is 7.54. The predicted octanol–water partition coefficient (Wildman–Crippen LogP) is 0.250. The summed E-state index contributed by atoms with van der Waals surface area (Å²) in [7, 11) is 1.94. The highest BCUT2D eigenvalue weighted by molar-refractivity contribution is 5.99. The Morgan fingerprint density at radius 3 is 3.04 bits per heavy atom. The van der Waals surface area contributed by atoms with E-state index in [2.05, 4.69) is 20.4 Å². The van der Waals surface area contributed by atoms with E-state index >= 15 is 0 Å². The fraction of sp³-hybridized carbons (Fsp3) is 0.333. The van der Waals surface area contributed by atoms with Crippen LogP contribution in [0.2, 0.25) is 0 Å². The zero-order chi connectivity index (χ0) is 15.8. The summed E-state index contributed by atoms with van der Waals surface area (Å²) in [6.07, 6.45) is 8.68. The summed E-state index contributed by atoms with van der Waals surface area (Å²) in [4.78, 5) is 23.6. The first-order valence-electron chi connectivity index (χ1n) is 7.53. The lowest BCUT2D eigenvalue weighted by Crippen LogP contribution is -2.49. The molecule has 1 N–H and O–H groups in total. The van der Waals surface area contributed by atoms with Crippen molar-refractivity contribution in [1.29, 1.82) is 0 Å². The van der Waals surface area contributed by atoms with Crippen LogP contribution in [0.5, 0.6) is 0 Å². The van der Waals surface area contributed by atoms with Gasteiger partial charge in [-0.2, -0.15) is 5.10 Å². The molecule has 1 unspecified atom stereocenters. The van der Waals surface area contributed by atoms with Crippen LogP contribution in [-0.4, -0.2) is 54.6 Å². The normalized spacial score (nSPS) is 18.5. The molecule has 0 bridgehead atoms. The number of carbonyl (C=O) groups is 1. The fourth-order valence-electron chi connectivity index (χ4n) is 3.01. The summed E-state index contributed by atoms with van der Waals surface area (Å²) < 4.78 is 3.57. The van der Waals surface area contributed by atoms with Crippen LogP contribution in [0.25, 0.3) is 5.65 Å². The van der Waals surface area contributed by atoms with E-state index in [4.69, 9.17) is 0 Å². The predicted molar refractivity (Wildman–Crippen MR) is 82.8 cm³/mol. The third-order valence-corrected chi connectivity index (χ3v) is 4.17. The van der Waals surface area contributed by atoms with Crippen molar-refractivity contribution in [2.45, 2.75) is 6.04 Å². The van der Waals surface area contributed by atoms with Crippen molar-refractivity contribution in [3.63, 3.8) is 0 Å². The number of nitrogens with one attached hydrogen (secondary N) is 1. The molecule has 4 heterocycles. The highest BCUT2D eigenvalue weighted by atomic mass is 16.2. The molecule has 3 aromatic heterocycles. The number of rotatable bonds is 2. The molecule has 1 saturated heterocycles. The Morgan fingerprint density at radius 2 is 2.22 bits per heavy atom. The monoisotopic (exact) mass is 311 g/mol. The maximum Gasteiger partial charge on any atom is 0.260 e. The smallest absolute Gasteiger partial charge is 0.260 e. The van der Waals surface area contributed by atoms with Gasteiger partial charge in [-0.25, -0.2) is 14.5 Å². The van der Waals surface area contributed by atoms with E-state index in [9.17, 15) is 4.79 Å². The molecule has 1 atom stereocenters. The van der Waals surface area contributed by atoms with E-state index in [-0.39, 0.29) is 11.9 Å². The van der Waals surface area contributed by atoms with Crippen LogP contribution in [0.4, 0.5) is 0 Å². The number of amides is 1. The van der Waals surface area contributed by atoms with Crippen molar-refractivity contribution < 1.29 is 4.79 Å². The van der Waals surface area contributed by atoms with Gasteiger partial charge < -0.3 is 14.8 Å². The highest BCUT2D eigenvalue weighted by Gasteiger charge is 2.32. The number of nitrogens with zero attached hydrogens (tertiary/aromatic N) is 6. The summed E-state index contributed by atoms with van der Waals surface area (Å²) >= 11 is 0. The van der Waals surface area contributed by atoms with Crippen molar-refractivity contribution in [1.82, 2.24) is 34.4 Å². The minimum Gasteiger partial charge on any atom is -0.336 e. The van der Waals surface area contributed by atoms with E-state index in [1.807, 2.05) is 22.7 Å². The first-order chi connectivity index (χ1) is 11.3. The van der Waals surface area contributed by atoms with Crippen molar-refractivity contribution in [3.8, 4) is 0 Å². The maximum atomic E-state index is 13.1. The van der Waals surface area contributed by atoms with Gasteiger partial charge in [0.1, 0.15) is 17.4 Å². The minimum atomic E-state index is -0.102. The van der Waals surface area contributed by atoms with E-state index < -0.39 is 0 Å². The SMILES string of the molecule is Cn1ccnc1C1CNCCN1C(=O)c1cnn2cccnc12. The van der Waals surface area contributed by atoms with Gasteiger partial charge in [-0.3, -0.25) is 4.79 Å². The number of hydrogen-bond donors (Lipinski definition) is 1. The van der Waals surface area contributed by atoms with Crippen molar-refractivity contribution in [2.75, 3.05) is 19.6 Å². The second-order valence-corrected chi connectivity index (χ2v) is 5.56. The van der Waals surface area contributed by atoms with E-state index in [0.29, 0.717) is 24.3 Å². The van der Waals surface area contributed by atoms with Gasteiger partial charge in [0.25, 0.3) is 5.91 Å². The molecule has 0 aliphatic carbocycles. The second kappa shape index (κ2) is 5.47. The highest BCUT2D eigenvalue weighted by Crippen LogP contribution is 2.23. The number of imidazole rings is 1. The van der Waals surface area contributed by atoms with Crippen LogP contribution in [0.1, 0.15) is 22.2 Å². The van der Waals surface area contributed by atoms with Crippen LogP contribution >= 0.6 is 0 Å². The summed E-state index contributed by atoms with van der Waals surface area (Å²) in [5.41, 5.74) is 1.10. The first-order valence-corrected chi connectivity index (χ1v) is 7.53. The Morgan fingerprint density at radius 1 is 1.30 bits per heavy atom. The largest absolute Gasteiger partial charge is 0.336 e. The average molecular weight is 311 g/mol. The summed E-state index contributed by atoms with van der Waals surface area (Å²) in [6.45, 7) is 2.07. The Bertz CT molecular complexity index is 852. The topological polar surface area (TPSA) is 80.4 Å². The van der Waals surface area contributed by atoms with Crippen molar-refractivity contribution in [3.05, 3.63) is 48.4 Å². The lowest BCUT2D eigenvalue weighted by molar-refractivity contribution is 0.0622. The van der Waals surface area contributed by atoms with Gasteiger partial charge in [0, 0.05) is 51.5 Å². The number of piperazine rings is 1. The van der Waals surface area contributed by atoms with Gasteiger partial charge in [-0.15, -0.1) is 0 Å². The van der Waals surface area contributed by atoms with E-state index in [1.54, 1.807) is 35.4 Å². The molecule has 0 spiro atoms. The summed E-state index contributed by atoms with van der Waals surface area (Å²) in [5.74, 6) is 0.809. The number of fused-ring (bicyclic) bond motifs is 1. The minimum absolute atomic E-state index is 0.0619. The standard InChI is InChI=1S/C15H17N7O/c1-20-7-5-18-14(20)12-10-16-4-8-21(12)15(23)11-9-19-22-6-2-3-17-13(11)22/h2-3,5-7,9,12,16H,4,8,10H2,1H3. The van der Waals surface area contributed by atoms with E-state index in [0.717, 1.165) is 12.4 Å². The molecule has 3 aromatic rings. The van der Waals surface area contributed by atoms with Crippen LogP contribution < -0.4 is 5.32 Å². The number of carbonyl (C=O) groups excluding carboxylic acids is 1. The van der Waals surface area contributed by atoms with Crippen LogP contribution in [0.3, 0.4) is 0 Å². The molecular weight excluding hydrogens is 294 g/mol. The molecule has 8 heteroatoms. The molecule has 1 fully saturated rings. The fourth-order valence-corrected chi connectivity index (χ4v) is 3.01. The van der Waals surface area contributed by atoms with Crippen molar-refractivity contribution >= 4 is 11.6 Å². The van der Waals surface area contributed by atoms with E-state index in [1.165, 1.54) is 0 Å². The quantitative estimate of drug-likeness (QED) is 0.734. The van der Waals surface area contributed by atoms with Gasteiger partial charge in [0.05, 0.1) is 6.20 Å². The molecule has 23 heavy (non-hydrogen) atoms. The molecule has 1 aliphatic rings. The maximum absolute atomic E-state index is 13.1. The van der Waals surface area contributed by atoms with Crippen LogP contribution in [-0.2, 0) is 7.05 Å². The van der Waals surface area contributed by atoms with Gasteiger partial charge in [0.15, 0.2) is 5.65 Å². The summed E-state index contributed by atoms with van der Waals surface area (Å²) in [6, 6.07) is 1.69. The molecule has 4 rings (SSSR count). The lowest BCUT2D eigenvalue weighted by atomic mass is 10.1. The third kappa shape index (κ3) is 2.27. The molecule has 1 amide bonds. The third-order valence-electron chi connectivity index (χ3n) is 4.17. The second-order valence-electron chi connectivity index (χ2n) is 5.56. The molecule has 0 aromatic carbocycles. The molecular formula is C15H17N7O. The number of hydrogen-bond acceptors (Lipinski definition) is 5. The van der Waals surface area contributed by atoms with Crippen LogP contribution in [0.15, 0.2) is 37.1 Å². The molecule has 1 aliphatic heterocycles. The lowest BCUT2D eigenvalue weighted by Gasteiger charge is -2.35. The van der Waals surface area contributed by atoms with Gasteiger partial charge >= 0.3 is 0 Å². The van der Waals surface area contributed by atoms with Gasteiger partial charge in [-0.1, -0.05) is 0 Å². The average Bonchev–Trinajstić information content (AvgIpc) is 3.20. The first kappa shape index (κ1) is 13.9. The molecule has 0 radical (unpaired) electrons. The number of aromatic nitrogens is 5. The zero-order valence-electron chi connectivity index (χ0n) is 12.8. The zero-order valence-corrected chi connectivity index (χ0v) is 12.8. The Labute approximate surface area is 132 Å². The van der Waals surface area contributed by atoms with Gasteiger partial charge in [0.2, 0.25) is 0 Å². The molecule has 0 saturated carbocycles. The number of aryl methyl sites for hydroxylation is 1. The van der Waals surface area contributed by atoms with Crippen LogP contribution in [0, 0.1) is 0 Å².